The minimum Gasteiger partial charge on any atom is -0.495 e. The molecule has 2 N–H and O–H groups in total. The monoisotopic (exact) mass is 585 g/mol. The van der Waals surface area contributed by atoms with Crippen molar-refractivity contribution in [1.29, 1.82) is 0 Å². The van der Waals surface area contributed by atoms with Gasteiger partial charge in [-0.05, 0) is 47.9 Å². The molecule has 0 spiro atoms. The molecule has 2 amide bonds. The Morgan fingerprint density at radius 1 is 0.905 bits per heavy atom. The molecule has 4 aromatic carbocycles. The number of ether oxygens (including phenoxy) is 2. The second kappa shape index (κ2) is 12.9. The zero-order valence-electron chi connectivity index (χ0n) is 23.0. The van der Waals surface area contributed by atoms with Crippen LogP contribution in [0.5, 0.6) is 11.5 Å². The second-order valence-corrected chi connectivity index (χ2v) is 11.4. The standard InChI is InChI=1S/C32H31N3O6S/c1-40-28-17-16-25(20-30(28)42(38,39)34-19-18-23-10-4-2-5-11-23)32(37)35-22-29(41-27-15-9-8-14-26(27)35)31(36)33-21-24-12-6-3-7-13-24/h2-17,20,29,34H,18-19,21-22H2,1H3,(H,33,36)/t29-/m1/s1. The number of rotatable bonds is 10. The number of anilines is 1. The zero-order valence-corrected chi connectivity index (χ0v) is 23.8. The molecule has 0 saturated carbocycles. The van der Waals surface area contributed by atoms with E-state index in [4.69, 9.17) is 9.47 Å². The molecular weight excluding hydrogens is 554 g/mol. The normalized spacial score (nSPS) is 14.4. The van der Waals surface area contributed by atoms with Crippen LogP contribution in [0.4, 0.5) is 5.69 Å². The van der Waals surface area contributed by atoms with Gasteiger partial charge < -0.3 is 19.7 Å². The molecule has 4 aromatic rings. The number of fused-ring (bicyclic) bond motifs is 1. The van der Waals surface area contributed by atoms with Crippen LogP contribution in [0, 0.1) is 0 Å². The molecule has 10 heteroatoms. The number of hydrogen-bond acceptors (Lipinski definition) is 6. The molecule has 0 fully saturated rings. The van der Waals surface area contributed by atoms with E-state index >= 15 is 0 Å². The van der Waals surface area contributed by atoms with E-state index in [0.29, 0.717) is 24.4 Å². The van der Waals surface area contributed by atoms with E-state index in [1.807, 2.05) is 60.7 Å². The Bertz CT molecular complexity index is 1660. The summed E-state index contributed by atoms with van der Waals surface area (Å²) in [7, 11) is -2.64. The smallest absolute Gasteiger partial charge is 0.263 e. The number of hydrogen-bond donors (Lipinski definition) is 2. The number of nitrogens with one attached hydrogen (secondary N) is 2. The lowest BCUT2D eigenvalue weighted by Crippen LogP contribution is -2.50. The van der Waals surface area contributed by atoms with Gasteiger partial charge in [0, 0.05) is 18.7 Å². The number of sulfonamides is 1. The van der Waals surface area contributed by atoms with Crippen LogP contribution in [0.1, 0.15) is 21.5 Å². The highest BCUT2D eigenvalue weighted by molar-refractivity contribution is 7.89. The third-order valence-electron chi connectivity index (χ3n) is 6.87. The fraction of sp³-hybridized carbons (Fsp3) is 0.188. The highest BCUT2D eigenvalue weighted by atomic mass is 32.2. The van der Waals surface area contributed by atoms with E-state index in [-0.39, 0.29) is 35.2 Å². The van der Waals surface area contributed by atoms with Crippen molar-refractivity contribution in [3.05, 3.63) is 120 Å². The SMILES string of the molecule is COc1ccc(C(=O)N2C[C@H](C(=O)NCc3ccccc3)Oc3ccccc32)cc1S(=O)(=O)NCCc1ccccc1. The van der Waals surface area contributed by atoms with Gasteiger partial charge >= 0.3 is 0 Å². The van der Waals surface area contributed by atoms with Gasteiger partial charge in [0.25, 0.3) is 11.8 Å². The van der Waals surface area contributed by atoms with Gasteiger partial charge in [-0.2, -0.15) is 0 Å². The van der Waals surface area contributed by atoms with Crippen molar-refractivity contribution in [2.75, 3.05) is 25.1 Å². The first-order valence-electron chi connectivity index (χ1n) is 13.5. The minimum atomic E-state index is -4.01. The minimum absolute atomic E-state index is 0.0556. The fourth-order valence-electron chi connectivity index (χ4n) is 4.69. The first-order chi connectivity index (χ1) is 20.4. The van der Waals surface area contributed by atoms with Crippen molar-refractivity contribution in [3.63, 3.8) is 0 Å². The summed E-state index contributed by atoms with van der Waals surface area (Å²) in [6.07, 6.45) is -0.465. The van der Waals surface area contributed by atoms with Crippen molar-refractivity contribution < 1.29 is 27.5 Å². The molecule has 1 aliphatic rings. The van der Waals surface area contributed by atoms with Crippen LogP contribution in [0.3, 0.4) is 0 Å². The van der Waals surface area contributed by atoms with E-state index in [1.54, 1.807) is 24.3 Å². The Hall–Kier alpha value is -4.67. The van der Waals surface area contributed by atoms with Crippen LogP contribution in [0.2, 0.25) is 0 Å². The van der Waals surface area contributed by atoms with Crippen LogP contribution in [0.15, 0.2) is 108 Å². The van der Waals surface area contributed by atoms with Crippen LogP contribution < -0.4 is 24.4 Å². The van der Waals surface area contributed by atoms with E-state index in [0.717, 1.165) is 11.1 Å². The van der Waals surface area contributed by atoms with Gasteiger partial charge in [-0.1, -0.05) is 72.8 Å². The molecule has 1 atom stereocenters. The van der Waals surface area contributed by atoms with Crippen molar-refractivity contribution in [3.8, 4) is 11.5 Å². The average Bonchev–Trinajstić information content (AvgIpc) is 3.03. The number of nitrogens with zero attached hydrogens (tertiary/aromatic N) is 1. The summed E-state index contributed by atoms with van der Waals surface area (Å²) in [6.45, 7) is 0.427. The topological polar surface area (TPSA) is 114 Å². The number of carbonyl (C=O) groups is 2. The van der Waals surface area contributed by atoms with Gasteiger partial charge in [-0.15, -0.1) is 0 Å². The third-order valence-corrected chi connectivity index (χ3v) is 8.35. The summed E-state index contributed by atoms with van der Waals surface area (Å²) in [5, 5.41) is 2.87. The van der Waals surface area contributed by atoms with E-state index in [1.165, 1.54) is 30.2 Å². The predicted octanol–water partition coefficient (Wildman–Crippen LogP) is 3.94. The lowest BCUT2D eigenvalue weighted by atomic mass is 10.1. The Balaban J connectivity index is 1.36. The number of amides is 2. The molecule has 0 aliphatic carbocycles. The molecule has 0 bridgehead atoms. The predicted molar refractivity (Wildman–Crippen MR) is 159 cm³/mol. The lowest BCUT2D eigenvalue weighted by Gasteiger charge is -2.34. The van der Waals surface area contributed by atoms with Gasteiger partial charge in [-0.25, -0.2) is 13.1 Å². The molecule has 5 rings (SSSR count). The van der Waals surface area contributed by atoms with Crippen molar-refractivity contribution in [2.45, 2.75) is 24.0 Å². The molecule has 9 nitrogen and oxygen atoms in total. The van der Waals surface area contributed by atoms with Crippen LogP contribution in [0.25, 0.3) is 0 Å². The highest BCUT2D eigenvalue weighted by Crippen LogP contribution is 2.35. The van der Waals surface area contributed by atoms with Crippen molar-refractivity contribution in [1.82, 2.24) is 10.0 Å². The summed E-state index contributed by atoms with van der Waals surface area (Å²) in [6, 6.07) is 30.2. The number of para-hydroxylation sites is 2. The average molecular weight is 586 g/mol. The summed E-state index contributed by atoms with van der Waals surface area (Å²) in [4.78, 5) is 28.2. The molecule has 0 radical (unpaired) electrons. The highest BCUT2D eigenvalue weighted by Gasteiger charge is 2.35. The second-order valence-electron chi connectivity index (χ2n) is 9.69. The summed E-state index contributed by atoms with van der Waals surface area (Å²) in [5.41, 5.74) is 2.53. The maximum absolute atomic E-state index is 13.9. The molecule has 216 valence electrons. The van der Waals surface area contributed by atoms with Crippen molar-refractivity contribution in [2.24, 2.45) is 0 Å². The van der Waals surface area contributed by atoms with Crippen LogP contribution in [-0.2, 0) is 27.8 Å². The van der Waals surface area contributed by atoms with Gasteiger partial charge in [0.15, 0.2) is 6.10 Å². The van der Waals surface area contributed by atoms with Crippen molar-refractivity contribution >= 4 is 27.5 Å². The van der Waals surface area contributed by atoms with E-state index in [2.05, 4.69) is 10.0 Å². The van der Waals surface area contributed by atoms with E-state index in [9.17, 15) is 18.0 Å². The maximum Gasteiger partial charge on any atom is 0.263 e. The summed E-state index contributed by atoms with van der Waals surface area (Å²) >= 11 is 0. The number of carbonyl (C=O) groups excluding carboxylic acids is 2. The summed E-state index contributed by atoms with van der Waals surface area (Å²) < 4.78 is 40.5. The number of methoxy groups -OCH3 is 1. The molecule has 42 heavy (non-hydrogen) atoms. The summed E-state index contributed by atoms with van der Waals surface area (Å²) in [5.74, 6) is -0.359. The van der Waals surface area contributed by atoms with Gasteiger partial charge in [-0.3, -0.25) is 9.59 Å². The molecule has 0 aromatic heterocycles. The molecule has 1 aliphatic heterocycles. The molecule has 0 saturated heterocycles. The van der Waals surface area contributed by atoms with Crippen LogP contribution in [-0.4, -0.2) is 46.5 Å². The first-order valence-corrected chi connectivity index (χ1v) is 14.9. The molecule has 0 unspecified atom stereocenters. The Morgan fingerprint density at radius 2 is 1.57 bits per heavy atom. The zero-order chi connectivity index (χ0) is 29.5. The van der Waals surface area contributed by atoms with Gasteiger partial charge in [0.05, 0.1) is 19.3 Å². The van der Waals surface area contributed by atoms with E-state index < -0.39 is 22.0 Å². The van der Waals surface area contributed by atoms with Gasteiger partial charge in [0.1, 0.15) is 16.4 Å². The Labute approximate surface area is 245 Å². The Kier molecular flexibility index (Phi) is 8.85. The lowest BCUT2D eigenvalue weighted by molar-refractivity contribution is -0.128. The first kappa shape index (κ1) is 28.8. The fourth-order valence-corrected chi connectivity index (χ4v) is 5.91. The molecule has 1 heterocycles. The maximum atomic E-state index is 13.9. The largest absolute Gasteiger partial charge is 0.495 e. The number of benzene rings is 4. The third kappa shape index (κ3) is 6.62. The van der Waals surface area contributed by atoms with Gasteiger partial charge in [0.2, 0.25) is 10.0 Å². The quantitative estimate of drug-likeness (QED) is 0.292. The molecular formula is C32H31N3O6S. The Morgan fingerprint density at radius 3 is 2.29 bits per heavy atom. The van der Waals surface area contributed by atoms with Crippen LogP contribution >= 0.6 is 0 Å².